The number of rotatable bonds is 3. The molecular weight excluding hydrogens is 234 g/mol. The molecule has 0 spiro atoms. The molecule has 0 radical (unpaired) electrons. The lowest BCUT2D eigenvalue weighted by Gasteiger charge is -2.31. The number of aliphatic hydroxyl groups is 1. The summed E-state index contributed by atoms with van der Waals surface area (Å²) in [6.45, 7) is 4.29. The lowest BCUT2D eigenvalue weighted by atomic mass is 9.80. The fourth-order valence-corrected chi connectivity index (χ4v) is 2.72. The largest absolute Gasteiger partial charge is 0.388 e. The highest BCUT2D eigenvalue weighted by Gasteiger charge is 2.26. The molecule has 0 unspecified atom stereocenters. The summed E-state index contributed by atoms with van der Waals surface area (Å²) in [6, 6.07) is 7.53. The molecule has 1 saturated heterocycles. The van der Waals surface area contributed by atoms with Crippen LogP contribution >= 0.6 is 11.6 Å². The van der Waals surface area contributed by atoms with Gasteiger partial charge in [-0.1, -0.05) is 30.7 Å². The van der Waals surface area contributed by atoms with E-state index in [0.717, 1.165) is 36.5 Å². The molecule has 0 aliphatic carbocycles. The van der Waals surface area contributed by atoms with Gasteiger partial charge < -0.3 is 10.4 Å². The van der Waals surface area contributed by atoms with Gasteiger partial charge in [-0.05, 0) is 55.5 Å². The summed E-state index contributed by atoms with van der Waals surface area (Å²) in [5.74, 6) is 0.917. The molecule has 1 aliphatic rings. The maximum absolute atomic E-state index is 10.4. The van der Waals surface area contributed by atoms with Crippen molar-refractivity contribution >= 4 is 11.6 Å². The second kappa shape index (κ2) is 5.85. The van der Waals surface area contributed by atoms with Crippen LogP contribution in [-0.4, -0.2) is 18.2 Å². The van der Waals surface area contributed by atoms with Crippen LogP contribution in [0.4, 0.5) is 0 Å². The van der Waals surface area contributed by atoms with Crippen molar-refractivity contribution in [1.82, 2.24) is 5.32 Å². The van der Waals surface area contributed by atoms with Crippen molar-refractivity contribution in [2.45, 2.75) is 25.9 Å². The van der Waals surface area contributed by atoms with E-state index in [1.807, 2.05) is 24.3 Å². The van der Waals surface area contributed by atoms with Crippen molar-refractivity contribution in [2.75, 3.05) is 13.1 Å². The zero-order valence-corrected chi connectivity index (χ0v) is 11.0. The van der Waals surface area contributed by atoms with Gasteiger partial charge in [0.25, 0.3) is 0 Å². The predicted octanol–water partition coefficient (Wildman–Crippen LogP) is 3.01. The summed E-state index contributed by atoms with van der Waals surface area (Å²) < 4.78 is 0. The van der Waals surface area contributed by atoms with Crippen molar-refractivity contribution in [2.24, 2.45) is 11.8 Å². The Kier molecular flexibility index (Phi) is 4.43. The number of benzene rings is 1. The van der Waals surface area contributed by atoms with Gasteiger partial charge in [0, 0.05) is 5.02 Å². The predicted molar refractivity (Wildman–Crippen MR) is 71.2 cm³/mol. The van der Waals surface area contributed by atoms with Crippen molar-refractivity contribution in [3.8, 4) is 0 Å². The zero-order chi connectivity index (χ0) is 12.3. The Bertz CT molecular complexity index is 346. The van der Waals surface area contributed by atoms with Gasteiger partial charge in [-0.3, -0.25) is 0 Å². The Morgan fingerprint density at radius 1 is 1.24 bits per heavy atom. The maximum atomic E-state index is 10.4. The van der Waals surface area contributed by atoms with Crippen LogP contribution in [0.5, 0.6) is 0 Å². The van der Waals surface area contributed by atoms with E-state index in [-0.39, 0.29) is 6.10 Å². The van der Waals surface area contributed by atoms with Crippen LogP contribution in [0.15, 0.2) is 24.3 Å². The molecule has 1 heterocycles. The summed E-state index contributed by atoms with van der Waals surface area (Å²) in [5.41, 5.74) is 0.973. The molecule has 0 bridgehead atoms. The van der Waals surface area contributed by atoms with Crippen LogP contribution < -0.4 is 5.32 Å². The van der Waals surface area contributed by atoms with Crippen LogP contribution in [0, 0.1) is 11.8 Å². The van der Waals surface area contributed by atoms with Crippen LogP contribution in [0.2, 0.25) is 5.02 Å². The minimum absolute atomic E-state index is 0.304. The summed E-state index contributed by atoms with van der Waals surface area (Å²) >= 11 is 5.85. The van der Waals surface area contributed by atoms with E-state index in [9.17, 15) is 5.11 Å². The molecular formula is C14H20ClNO. The van der Waals surface area contributed by atoms with Crippen LogP contribution in [0.25, 0.3) is 0 Å². The summed E-state index contributed by atoms with van der Waals surface area (Å²) in [5, 5.41) is 14.4. The van der Waals surface area contributed by atoms with E-state index >= 15 is 0 Å². The average Bonchev–Trinajstić information content (AvgIpc) is 2.39. The standard InChI is InChI=1S/C14H20ClNO/c1-10(11-6-8-16-9-7-11)14(17)12-2-4-13(15)5-3-12/h2-5,10-11,14,16-17H,6-9H2,1H3/t10-,14+/m1/s1. The van der Waals surface area contributed by atoms with E-state index in [4.69, 9.17) is 11.6 Å². The lowest BCUT2D eigenvalue weighted by Crippen LogP contribution is -2.32. The second-order valence-electron chi connectivity index (χ2n) is 4.94. The molecule has 3 heteroatoms. The molecule has 0 saturated carbocycles. The van der Waals surface area contributed by atoms with Gasteiger partial charge in [-0.2, -0.15) is 0 Å². The van der Waals surface area contributed by atoms with Gasteiger partial charge in [0.1, 0.15) is 0 Å². The smallest absolute Gasteiger partial charge is 0.0818 e. The fraction of sp³-hybridized carbons (Fsp3) is 0.571. The quantitative estimate of drug-likeness (QED) is 0.868. The number of piperidine rings is 1. The van der Waals surface area contributed by atoms with E-state index in [0.29, 0.717) is 11.8 Å². The SMILES string of the molecule is C[C@H](C1CCNCC1)[C@H](O)c1ccc(Cl)cc1. The minimum Gasteiger partial charge on any atom is -0.388 e. The lowest BCUT2D eigenvalue weighted by molar-refractivity contribution is 0.0711. The molecule has 17 heavy (non-hydrogen) atoms. The molecule has 94 valence electrons. The highest BCUT2D eigenvalue weighted by molar-refractivity contribution is 6.30. The highest BCUT2D eigenvalue weighted by atomic mass is 35.5. The summed E-state index contributed by atoms with van der Waals surface area (Å²) in [4.78, 5) is 0. The molecule has 0 amide bonds. The third kappa shape index (κ3) is 3.21. The molecule has 1 aromatic carbocycles. The Labute approximate surface area is 108 Å². The van der Waals surface area contributed by atoms with Crippen molar-refractivity contribution in [3.05, 3.63) is 34.9 Å². The van der Waals surface area contributed by atoms with Crippen LogP contribution in [0.1, 0.15) is 31.4 Å². The van der Waals surface area contributed by atoms with Crippen LogP contribution in [0.3, 0.4) is 0 Å². The number of halogens is 1. The minimum atomic E-state index is -0.379. The fourth-order valence-electron chi connectivity index (χ4n) is 2.59. The number of hydrogen-bond donors (Lipinski definition) is 2. The summed E-state index contributed by atoms with van der Waals surface area (Å²) in [6.07, 6.45) is 1.94. The molecule has 2 atom stereocenters. The molecule has 1 aliphatic heterocycles. The van der Waals surface area contributed by atoms with E-state index < -0.39 is 0 Å². The third-order valence-corrected chi connectivity index (χ3v) is 4.09. The third-order valence-electron chi connectivity index (χ3n) is 3.84. The van der Waals surface area contributed by atoms with Gasteiger partial charge in [0.05, 0.1) is 6.10 Å². The van der Waals surface area contributed by atoms with Crippen molar-refractivity contribution in [3.63, 3.8) is 0 Å². The molecule has 0 aromatic heterocycles. The molecule has 1 fully saturated rings. The van der Waals surface area contributed by atoms with Crippen molar-refractivity contribution < 1.29 is 5.11 Å². The Hall–Kier alpha value is -0.570. The van der Waals surface area contributed by atoms with Gasteiger partial charge in [0.2, 0.25) is 0 Å². The maximum Gasteiger partial charge on any atom is 0.0818 e. The van der Waals surface area contributed by atoms with Gasteiger partial charge in [-0.15, -0.1) is 0 Å². The van der Waals surface area contributed by atoms with Gasteiger partial charge >= 0.3 is 0 Å². The number of hydrogen-bond acceptors (Lipinski definition) is 2. The molecule has 2 N–H and O–H groups in total. The van der Waals surface area contributed by atoms with E-state index in [2.05, 4.69) is 12.2 Å². The van der Waals surface area contributed by atoms with Crippen molar-refractivity contribution in [1.29, 1.82) is 0 Å². The molecule has 1 aromatic rings. The van der Waals surface area contributed by atoms with Crippen LogP contribution in [-0.2, 0) is 0 Å². The van der Waals surface area contributed by atoms with Gasteiger partial charge in [0.15, 0.2) is 0 Å². The normalized spacial score (nSPS) is 21.1. The summed E-state index contributed by atoms with van der Waals surface area (Å²) in [7, 11) is 0. The Morgan fingerprint density at radius 3 is 2.41 bits per heavy atom. The van der Waals surface area contributed by atoms with Gasteiger partial charge in [-0.25, -0.2) is 0 Å². The Balaban J connectivity index is 2.02. The first kappa shape index (κ1) is 12.9. The first-order chi connectivity index (χ1) is 8.18. The first-order valence-corrected chi connectivity index (χ1v) is 6.70. The average molecular weight is 254 g/mol. The molecule has 2 nitrogen and oxygen atoms in total. The highest BCUT2D eigenvalue weighted by Crippen LogP contribution is 2.32. The molecule has 2 rings (SSSR count). The topological polar surface area (TPSA) is 32.3 Å². The Morgan fingerprint density at radius 2 is 1.82 bits per heavy atom. The number of nitrogens with one attached hydrogen (secondary N) is 1. The zero-order valence-electron chi connectivity index (χ0n) is 10.2. The van der Waals surface area contributed by atoms with E-state index in [1.165, 1.54) is 0 Å². The number of aliphatic hydroxyl groups excluding tert-OH is 1. The van der Waals surface area contributed by atoms with E-state index in [1.54, 1.807) is 0 Å². The second-order valence-corrected chi connectivity index (χ2v) is 5.38. The first-order valence-electron chi connectivity index (χ1n) is 6.32. The monoisotopic (exact) mass is 253 g/mol.